The minimum Gasteiger partial charge on any atom is -0.349 e. The van der Waals surface area contributed by atoms with Crippen LogP contribution in [0.3, 0.4) is 0 Å². The maximum absolute atomic E-state index is 13.1. The van der Waals surface area contributed by atoms with Crippen LogP contribution in [0.15, 0.2) is 24.3 Å². The third-order valence-corrected chi connectivity index (χ3v) is 5.01. The average molecular weight is 372 g/mol. The summed E-state index contributed by atoms with van der Waals surface area (Å²) in [5.41, 5.74) is 1.08. The monoisotopic (exact) mass is 372 g/mol. The summed E-state index contributed by atoms with van der Waals surface area (Å²) in [6, 6.07) is 6.54. The molecule has 1 aromatic rings. The minimum absolute atomic E-state index is 0.0185. The number of carbonyl (C=O) groups is 4. The van der Waals surface area contributed by atoms with E-state index in [-0.39, 0.29) is 36.7 Å². The van der Waals surface area contributed by atoms with Crippen molar-refractivity contribution in [2.75, 3.05) is 33.7 Å². The number of urea groups is 1. The van der Waals surface area contributed by atoms with Crippen molar-refractivity contribution in [3.05, 3.63) is 35.4 Å². The van der Waals surface area contributed by atoms with Crippen molar-refractivity contribution in [1.82, 2.24) is 20.0 Å². The number of carbonyl (C=O) groups excluding carboxylic acids is 4. The summed E-state index contributed by atoms with van der Waals surface area (Å²) < 4.78 is 0. The lowest BCUT2D eigenvalue weighted by Gasteiger charge is -2.33. The molecule has 1 N–H and O–H groups in total. The number of nitrogens with zero attached hydrogens (tertiary/aromatic N) is 3. The Hall–Kier alpha value is -2.90. The van der Waals surface area contributed by atoms with Crippen LogP contribution in [0.2, 0.25) is 0 Å². The highest BCUT2D eigenvalue weighted by Crippen LogP contribution is 2.22. The highest BCUT2D eigenvalue weighted by Gasteiger charge is 2.32. The largest absolute Gasteiger partial charge is 0.349 e. The number of piperidine rings is 1. The molecule has 2 fully saturated rings. The Kier molecular flexibility index (Phi) is 5.43. The predicted octanol–water partition coefficient (Wildman–Crippen LogP) is 0.679. The molecule has 2 heterocycles. The van der Waals surface area contributed by atoms with Gasteiger partial charge in [-0.25, -0.2) is 4.79 Å². The van der Waals surface area contributed by atoms with Crippen LogP contribution in [-0.2, 0) is 16.1 Å². The quantitative estimate of drug-likeness (QED) is 0.787. The van der Waals surface area contributed by atoms with Crippen molar-refractivity contribution < 1.29 is 19.2 Å². The molecule has 8 nitrogen and oxygen atoms in total. The number of amides is 5. The van der Waals surface area contributed by atoms with E-state index in [0.717, 1.165) is 17.7 Å². The van der Waals surface area contributed by atoms with Crippen LogP contribution in [0.5, 0.6) is 0 Å². The van der Waals surface area contributed by atoms with Gasteiger partial charge in [-0.05, 0) is 24.5 Å². The number of benzene rings is 1. The maximum Gasteiger partial charge on any atom is 0.324 e. The fourth-order valence-electron chi connectivity index (χ4n) is 3.55. The van der Waals surface area contributed by atoms with Crippen LogP contribution < -0.4 is 5.32 Å². The highest BCUT2D eigenvalue weighted by molar-refractivity contribution is 6.02. The second-order valence-electron chi connectivity index (χ2n) is 7.12. The Balaban J connectivity index is 1.78. The van der Waals surface area contributed by atoms with Crippen molar-refractivity contribution in [1.29, 1.82) is 0 Å². The number of likely N-dealkylation sites (tertiary alicyclic amines) is 1. The molecule has 5 amide bonds. The van der Waals surface area contributed by atoms with Crippen molar-refractivity contribution in [2.24, 2.45) is 5.92 Å². The van der Waals surface area contributed by atoms with E-state index >= 15 is 0 Å². The van der Waals surface area contributed by atoms with Gasteiger partial charge in [0.05, 0.1) is 19.0 Å². The van der Waals surface area contributed by atoms with Crippen LogP contribution in [0.4, 0.5) is 4.79 Å². The lowest BCUT2D eigenvalue weighted by molar-refractivity contribution is -0.134. The number of hydrogen-bond donors (Lipinski definition) is 1. The SMILES string of the molecule is CN(C)C(=O)[C@@H]1CCCN(C(=O)c2ccccc2CN2C(=O)CNC2=O)C1. The van der Waals surface area contributed by atoms with Gasteiger partial charge in [0.15, 0.2) is 0 Å². The van der Waals surface area contributed by atoms with Crippen LogP contribution in [0.25, 0.3) is 0 Å². The molecule has 1 atom stereocenters. The number of rotatable bonds is 4. The molecule has 0 aromatic heterocycles. The molecule has 8 heteroatoms. The fourth-order valence-corrected chi connectivity index (χ4v) is 3.55. The fraction of sp³-hybridized carbons (Fsp3) is 0.474. The zero-order chi connectivity index (χ0) is 19.6. The molecule has 144 valence electrons. The van der Waals surface area contributed by atoms with E-state index in [9.17, 15) is 19.2 Å². The third kappa shape index (κ3) is 3.94. The smallest absolute Gasteiger partial charge is 0.324 e. The molecule has 0 saturated carbocycles. The lowest BCUT2D eigenvalue weighted by atomic mass is 9.95. The molecule has 3 rings (SSSR count). The summed E-state index contributed by atoms with van der Waals surface area (Å²) in [5, 5.41) is 2.48. The van der Waals surface area contributed by atoms with E-state index in [1.165, 1.54) is 0 Å². The molecule has 2 saturated heterocycles. The topological polar surface area (TPSA) is 90.0 Å². The summed E-state index contributed by atoms with van der Waals surface area (Å²) in [6.45, 7) is 1.01. The second-order valence-corrected chi connectivity index (χ2v) is 7.12. The zero-order valence-electron chi connectivity index (χ0n) is 15.6. The van der Waals surface area contributed by atoms with Gasteiger partial charge in [-0.1, -0.05) is 18.2 Å². The molecule has 0 bridgehead atoms. The van der Waals surface area contributed by atoms with E-state index in [1.807, 2.05) is 0 Å². The van der Waals surface area contributed by atoms with E-state index in [2.05, 4.69) is 5.32 Å². The van der Waals surface area contributed by atoms with Gasteiger partial charge in [0.25, 0.3) is 5.91 Å². The predicted molar refractivity (Wildman–Crippen MR) is 97.7 cm³/mol. The Morgan fingerprint density at radius 3 is 2.63 bits per heavy atom. The minimum atomic E-state index is -0.447. The van der Waals surface area contributed by atoms with E-state index < -0.39 is 6.03 Å². The molecule has 0 radical (unpaired) electrons. The van der Waals surface area contributed by atoms with Crippen molar-refractivity contribution in [3.8, 4) is 0 Å². The number of imide groups is 1. The van der Waals surface area contributed by atoms with E-state index in [4.69, 9.17) is 0 Å². The van der Waals surface area contributed by atoms with Gasteiger partial charge in [-0.2, -0.15) is 0 Å². The summed E-state index contributed by atoms with van der Waals surface area (Å²) in [4.78, 5) is 53.4. The third-order valence-electron chi connectivity index (χ3n) is 5.01. The summed E-state index contributed by atoms with van der Waals surface area (Å²) in [6.07, 6.45) is 1.54. The average Bonchev–Trinajstić information content (AvgIpc) is 2.99. The van der Waals surface area contributed by atoms with Gasteiger partial charge in [0.2, 0.25) is 11.8 Å². The molecule has 0 spiro atoms. The molecule has 0 unspecified atom stereocenters. The standard InChI is InChI=1S/C19H24N4O4/c1-21(2)17(25)14-7-5-9-22(11-14)18(26)15-8-4-3-6-13(15)12-23-16(24)10-20-19(23)27/h3-4,6,8,14H,5,7,9-12H2,1-2H3,(H,20,27)/t14-/m1/s1. The van der Waals surface area contributed by atoms with Crippen LogP contribution >= 0.6 is 0 Å². The first-order chi connectivity index (χ1) is 12.9. The normalized spacial score (nSPS) is 19.9. The van der Waals surface area contributed by atoms with Crippen molar-refractivity contribution >= 4 is 23.8 Å². The molecular formula is C19H24N4O4. The van der Waals surface area contributed by atoms with Crippen LogP contribution in [0, 0.1) is 5.92 Å². The number of nitrogens with one attached hydrogen (secondary N) is 1. The summed E-state index contributed by atoms with van der Waals surface area (Å²) in [5.74, 6) is -0.651. The molecule has 2 aliphatic rings. The first-order valence-corrected chi connectivity index (χ1v) is 9.05. The summed E-state index contributed by atoms with van der Waals surface area (Å²) >= 11 is 0. The Labute approximate surface area is 158 Å². The number of hydrogen-bond acceptors (Lipinski definition) is 4. The van der Waals surface area contributed by atoms with Gasteiger partial charge in [-0.15, -0.1) is 0 Å². The van der Waals surface area contributed by atoms with E-state index in [1.54, 1.807) is 48.2 Å². The first kappa shape index (κ1) is 18.9. The van der Waals surface area contributed by atoms with Crippen molar-refractivity contribution in [3.63, 3.8) is 0 Å². The first-order valence-electron chi connectivity index (χ1n) is 9.05. The zero-order valence-corrected chi connectivity index (χ0v) is 15.6. The molecule has 1 aromatic carbocycles. The lowest BCUT2D eigenvalue weighted by Crippen LogP contribution is -2.45. The molecular weight excluding hydrogens is 348 g/mol. The van der Waals surface area contributed by atoms with Gasteiger partial charge in [0, 0.05) is 32.7 Å². The Morgan fingerprint density at radius 1 is 1.22 bits per heavy atom. The van der Waals surface area contributed by atoms with Crippen LogP contribution in [-0.4, -0.2) is 72.2 Å². The second kappa shape index (κ2) is 7.77. The molecule has 27 heavy (non-hydrogen) atoms. The molecule has 2 aliphatic heterocycles. The Bertz CT molecular complexity index is 761. The van der Waals surface area contributed by atoms with Gasteiger partial charge < -0.3 is 15.1 Å². The highest BCUT2D eigenvalue weighted by atomic mass is 16.2. The van der Waals surface area contributed by atoms with Gasteiger partial charge >= 0.3 is 6.03 Å². The van der Waals surface area contributed by atoms with Crippen molar-refractivity contribution in [2.45, 2.75) is 19.4 Å². The van der Waals surface area contributed by atoms with Gasteiger partial charge in [-0.3, -0.25) is 19.3 Å². The van der Waals surface area contributed by atoms with Gasteiger partial charge in [0.1, 0.15) is 0 Å². The Morgan fingerprint density at radius 2 is 1.96 bits per heavy atom. The molecule has 0 aliphatic carbocycles. The maximum atomic E-state index is 13.1. The summed E-state index contributed by atoms with van der Waals surface area (Å²) in [7, 11) is 3.44. The van der Waals surface area contributed by atoms with E-state index in [0.29, 0.717) is 24.2 Å². The van der Waals surface area contributed by atoms with Crippen LogP contribution in [0.1, 0.15) is 28.8 Å².